The van der Waals surface area contributed by atoms with Gasteiger partial charge in [0.2, 0.25) is 0 Å². The van der Waals surface area contributed by atoms with Gasteiger partial charge in [0.25, 0.3) is 17.3 Å². The van der Waals surface area contributed by atoms with E-state index in [4.69, 9.17) is 0 Å². The minimum absolute atomic E-state index is 0.346. The highest BCUT2D eigenvalue weighted by Crippen LogP contribution is 2.52. The van der Waals surface area contributed by atoms with Gasteiger partial charge in [0, 0.05) is 5.56 Å². The van der Waals surface area contributed by atoms with Crippen LogP contribution in [0.2, 0.25) is 0 Å². The third-order valence-corrected chi connectivity index (χ3v) is 2.96. The zero-order valence-corrected chi connectivity index (χ0v) is 9.76. The third kappa shape index (κ3) is 1.97. The molecule has 0 unspecified atom stereocenters. The fourth-order valence-electron chi connectivity index (χ4n) is 1.94. The van der Waals surface area contributed by atoms with Gasteiger partial charge in [-0.2, -0.15) is 26.3 Å². The molecule has 1 aromatic rings. The molecule has 2 rings (SSSR count). The van der Waals surface area contributed by atoms with Crippen molar-refractivity contribution >= 4 is 17.4 Å². The monoisotopic (exact) mass is 313 g/mol. The van der Waals surface area contributed by atoms with Crippen LogP contribution in [-0.2, 0) is 10.4 Å². The van der Waals surface area contributed by atoms with E-state index in [1.165, 1.54) is 0 Å². The van der Waals surface area contributed by atoms with Crippen LogP contribution in [0.4, 0.5) is 32.0 Å². The fraction of sp³-hybridized carbons (Fsp3) is 0.273. The molecule has 1 amide bonds. The van der Waals surface area contributed by atoms with E-state index in [0.717, 1.165) is 12.1 Å². The quantitative estimate of drug-likeness (QED) is 0.616. The SMILES string of the molecule is O=C1Nc2c(cccc2C(O)(C(F)(F)F)C(F)(F)F)C1=O. The maximum atomic E-state index is 12.8. The Labute approximate surface area is 112 Å². The molecule has 10 heteroatoms. The summed E-state index contributed by atoms with van der Waals surface area (Å²) < 4.78 is 76.7. The second-order valence-electron chi connectivity index (χ2n) is 4.22. The summed E-state index contributed by atoms with van der Waals surface area (Å²) in [5.41, 5.74) is -8.52. The van der Waals surface area contributed by atoms with Crippen LogP contribution in [0.15, 0.2) is 18.2 Å². The van der Waals surface area contributed by atoms with Gasteiger partial charge in [-0.3, -0.25) is 9.59 Å². The van der Waals surface area contributed by atoms with E-state index in [0.29, 0.717) is 6.07 Å². The van der Waals surface area contributed by atoms with E-state index in [1.54, 1.807) is 5.32 Å². The zero-order chi connectivity index (χ0) is 16.2. The first kappa shape index (κ1) is 15.3. The Balaban J connectivity index is 2.77. The van der Waals surface area contributed by atoms with E-state index in [9.17, 15) is 41.0 Å². The number of anilines is 1. The Hall–Kier alpha value is -2.10. The van der Waals surface area contributed by atoms with E-state index in [1.807, 2.05) is 0 Å². The molecule has 1 aromatic carbocycles. The van der Waals surface area contributed by atoms with Gasteiger partial charge in [-0.1, -0.05) is 12.1 Å². The lowest BCUT2D eigenvalue weighted by molar-refractivity contribution is -0.376. The first-order valence-electron chi connectivity index (χ1n) is 5.26. The topological polar surface area (TPSA) is 66.4 Å². The normalized spacial score (nSPS) is 16.0. The number of nitrogens with one attached hydrogen (secondary N) is 1. The number of rotatable bonds is 1. The minimum atomic E-state index is -6.10. The van der Waals surface area contributed by atoms with Gasteiger partial charge in [-0.05, 0) is 6.07 Å². The van der Waals surface area contributed by atoms with Crippen molar-refractivity contribution in [2.75, 3.05) is 5.32 Å². The van der Waals surface area contributed by atoms with Crippen molar-refractivity contribution in [1.29, 1.82) is 0 Å². The van der Waals surface area contributed by atoms with Crippen LogP contribution in [0.1, 0.15) is 15.9 Å². The highest BCUT2D eigenvalue weighted by molar-refractivity contribution is 6.51. The van der Waals surface area contributed by atoms with E-state index >= 15 is 0 Å². The van der Waals surface area contributed by atoms with Crippen molar-refractivity contribution in [1.82, 2.24) is 0 Å². The van der Waals surface area contributed by atoms with Crippen molar-refractivity contribution in [2.45, 2.75) is 18.0 Å². The highest BCUT2D eigenvalue weighted by Gasteiger charge is 2.72. The molecule has 0 aromatic heterocycles. The first-order chi connectivity index (χ1) is 9.41. The molecule has 0 aliphatic carbocycles. The Bertz CT molecular complexity index is 620. The van der Waals surface area contributed by atoms with E-state index < -0.39 is 46.5 Å². The lowest BCUT2D eigenvalue weighted by atomic mass is 9.89. The number of amides is 1. The molecule has 2 N–H and O–H groups in total. The predicted octanol–water partition coefficient (Wildman–Crippen LogP) is 2.13. The molecule has 0 atom stereocenters. The molecular formula is C11H5F6NO3. The highest BCUT2D eigenvalue weighted by atomic mass is 19.4. The summed E-state index contributed by atoms with van der Waals surface area (Å²) in [5, 5.41) is 10.9. The molecule has 1 aliphatic rings. The van der Waals surface area contributed by atoms with Crippen molar-refractivity contribution in [2.24, 2.45) is 0 Å². The minimum Gasteiger partial charge on any atom is -0.369 e. The van der Waals surface area contributed by atoms with Crippen molar-refractivity contribution in [3.63, 3.8) is 0 Å². The molecule has 1 heterocycles. The molecule has 0 saturated carbocycles. The summed E-state index contributed by atoms with van der Waals surface area (Å²) in [6.45, 7) is 0. The van der Waals surface area contributed by atoms with Gasteiger partial charge in [-0.15, -0.1) is 0 Å². The fourth-order valence-corrected chi connectivity index (χ4v) is 1.94. The van der Waals surface area contributed by atoms with Crippen molar-refractivity contribution in [3.8, 4) is 0 Å². The van der Waals surface area contributed by atoms with Crippen LogP contribution >= 0.6 is 0 Å². The molecule has 0 spiro atoms. The second-order valence-corrected chi connectivity index (χ2v) is 4.22. The van der Waals surface area contributed by atoms with E-state index in [-0.39, 0.29) is 0 Å². The molecule has 1 aliphatic heterocycles. The molecule has 4 nitrogen and oxygen atoms in total. The number of para-hydroxylation sites is 1. The lowest BCUT2D eigenvalue weighted by Gasteiger charge is -2.33. The van der Waals surface area contributed by atoms with Crippen LogP contribution in [0, 0.1) is 0 Å². The molecule has 0 fully saturated rings. The summed E-state index contributed by atoms with van der Waals surface area (Å²) in [4.78, 5) is 22.4. The van der Waals surface area contributed by atoms with Gasteiger partial charge < -0.3 is 10.4 Å². The Kier molecular flexibility index (Phi) is 3.06. The van der Waals surface area contributed by atoms with Crippen LogP contribution in [-0.4, -0.2) is 29.1 Å². The number of alkyl halides is 6. The molecular weight excluding hydrogens is 308 g/mol. The number of carbonyl (C=O) groups excluding carboxylic acids is 2. The van der Waals surface area contributed by atoms with Gasteiger partial charge in [0.15, 0.2) is 0 Å². The molecule has 0 radical (unpaired) electrons. The largest absolute Gasteiger partial charge is 0.430 e. The standard InChI is InChI=1S/C11H5F6NO3/c12-10(13,14)9(21,11(15,16)17)5-3-1-2-4-6(5)18-8(20)7(4)19/h1-3,21H,(H,18,19,20). The van der Waals surface area contributed by atoms with Crippen LogP contribution in [0.3, 0.4) is 0 Å². The number of hydrogen-bond acceptors (Lipinski definition) is 3. The van der Waals surface area contributed by atoms with Crippen LogP contribution < -0.4 is 5.32 Å². The Morgan fingerprint density at radius 1 is 0.952 bits per heavy atom. The summed E-state index contributed by atoms with van der Waals surface area (Å²) in [5.74, 6) is -2.65. The average Bonchev–Trinajstić information content (AvgIpc) is 2.62. The average molecular weight is 313 g/mol. The smallest absolute Gasteiger partial charge is 0.369 e. The maximum absolute atomic E-state index is 12.8. The first-order valence-corrected chi connectivity index (χ1v) is 5.26. The van der Waals surface area contributed by atoms with Gasteiger partial charge >= 0.3 is 12.4 Å². The number of fused-ring (bicyclic) bond motifs is 1. The number of carbonyl (C=O) groups is 2. The molecule has 21 heavy (non-hydrogen) atoms. The molecule has 0 saturated heterocycles. The number of halogens is 6. The van der Waals surface area contributed by atoms with Crippen molar-refractivity contribution in [3.05, 3.63) is 29.3 Å². The summed E-state index contributed by atoms with van der Waals surface area (Å²) >= 11 is 0. The molecule has 0 bridgehead atoms. The Morgan fingerprint density at radius 2 is 1.48 bits per heavy atom. The number of benzene rings is 1. The van der Waals surface area contributed by atoms with Gasteiger partial charge in [0.1, 0.15) is 0 Å². The van der Waals surface area contributed by atoms with Crippen LogP contribution in [0.25, 0.3) is 0 Å². The number of aliphatic hydroxyl groups is 1. The van der Waals surface area contributed by atoms with Gasteiger partial charge in [0.05, 0.1) is 11.3 Å². The number of ketones is 1. The third-order valence-electron chi connectivity index (χ3n) is 2.96. The summed E-state index contributed by atoms with van der Waals surface area (Å²) in [6, 6.07) is 1.94. The van der Waals surface area contributed by atoms with E-state index in [2.05, 4.69) is 0 Å². The maximum Gasteiger partial charge on any atom is 0.430 e. The molecule has 114 valence electrons. The summed E-state index contributed by atoms with van der Waals surface area (Å²) in [6.07, 6.45) is -12.2. The Morgan fingerprint density at radius 3 is 1.95 bits per heavy atom. The van der Waals surface area contributed by atoms with Crippen LogP contribution in [0.5, 0.6) is 0 Å². The van der Waals surface area contributed by atoms with Gasteiger partial charge in [-0.25, -0.2) is 0 Å². The van der Waals surface area contributed by atoms with Crippen molar-refractivity contribution < 1.29 is 41.0 Å². The predicted molar refractivity (Wildman–Crippen MR) is 55.4 cm³/mol. The lowest BCUT2D eigenvalue weighted by Crippen LogP contribution is -2.54. The second kappa shape index (κ2) is 4.20. The number of Topliss-reactive ketones (excluding diaryl/α,β-unsaturated/α-hetero) is 1. The summed E-state index contributed by atoms with van der Waals surface area (Å²) in [7, 11) is 0. The number of hydrogen-bond donors (Lipinski definition) is 2. The zero-order valence-electron chi connectivity index (χ0n) is 9.76.